The van der Waals surface area contributed by atoms with Gasteiger partial charge in [-0.1, -0.05) is 18.2 Å². The molecule has 96 valence electrons. The SMILES string of the molecule is C/C=C(\C)C(=O)Oc1ccc(CCC(C)=O)cc1. The number of aryl methyl sites for hydroxylation is 1. The van der Waals surface area contributed by atoms with Crippen molar-refractivity contribution in [3.63, 3.8) is 0 Å². The topological polar surface area (TPSA) is 43.4 Å². The summed E-state index contributed by atoms with van der Waals surface area (Å²) < 4.78 is 5.17. The zero-order chi connectivity index (χ0) is 13.5. The third-order valence-corrected chi connectivity index (χ3v) is 2.65. The third-order valence-electron chi connectivity index (χ3n) is 2.65. The summed E-state index contributed by atoms with van der Waals surface area (Å²) in [5, 5.41) is 0. The second-order valence-electron chi connectivity index (χ2n) is 4.21. The predicted molar refractivity (Wildman–Crippen MR) is 70.5 cm³/mol. The number of esters is 1. The molecule has 0 N–H and O–H groups in total. The van der Waals surface area contributed by atoms with Gasteiger partial charge in [0.2, 0.25) is 0 Å². The molecule has 3 heteroatoms. The van der Waals surface area contributed by atoms with E-state index in [1.54, 1.807) is 39.0 Å². The Labute approximate surface area is 107 Å². The number of carbonyl (C=O) groups excluding carboxylic acids is 2. The summed E-state index contributed by atoms with van der Waals surface area (Å²) in [5.41, 5.74) is 1.64. The Kier molecular flexibility index (Phi) is 5.31. The molecule has 0 bridgehead atoms. The first kappa shape index (κ1) is 14.2. The van der Waals surface area contributed by atoms with E-state index in [4.69, 9.17) is 4.74 Å². The van der Waals surface area contributed by atoms with Crippen molar-refractivity contribution in [2.45, 2.75) is 33.6 Å². The van der Waals surface area contributed by atoms with Gasteiger partial charge in [-0.3, -0.25) is 0 Å². The van der Waals surface area contributed by atoms with Crippen molar-refractivity contribution >= 4 is 11.8 Å². The van der Waals surface area contributed by atoms with Gasteiger partial charge in [-0.2, -0.15) is 0 Å². The molecule has 0 aliphatic rings. The van der Waals surface area contributed by atoms with Crippen LogP contribution in [-0.2, 0) is 16.0 Å². The molecular weight excluding hydrogens is 228 g/mol. The monoisotopic (exact) mass is 246 g/mol. The highest BCUT2D eigenvalue weighted by Gasteiger charge is 2.06. The van der Waals surface area contributed by atoms with Gasteiger partial charge in [-0.05, 0) is 44.9 Å². The van der Waals surface area contributed by atoms with Gasteiger partial charge in [0.1, 0.15) is 11.5 Å². The van der Waals surface area contributed by atoms with Crippen molar-refractivity contribution in [2.24, 2.45) is 0 Å². The van der Waals surface area contributed by atoms with E-state index in [1.165, 1.54) is 0 Å². The largest absolute Gasteiger partial charge is 0.423 e. The van der Waals surface area contributed by atoms with E-state index in [0.717, 1.165) is 12.0 Å². The maximum absolute atomic E-state index is 11.5. The standard InChI is InChI=1S/C15H18O3/c1-4-11(2)15(17)18-14-9-7-13(8-10-14)6-5-12(3)16/h4,7-10H,5-6H2,1-3H3/b11-4+. The molecule has 0 saturated carbocycles. The van der Waals surface area contributed by atoms with Gasteiger partial charge in [-0.25, -0.2) is 4.79 Å². The van der Waals surface area contributed by atoms with Crippen molar-refractivity contribution in [1.82, 2.24) is 0 Å². The van der Waals surface area contributed by atoms with E-state index < -0.39 is 0 Å². The average molecular weight is 246 g/mol. The van der Waals surface area contributed by atoms with Gasteiger partial charge < -0.3 is 9.53 Å². The van der Waals surface area contributed by atoms with Crippen molar-refractivity contribution < 1.29 is 14.3 Å². The molecule has 1 aromatic rings. The summed E-state index contributed by atoms with van der Waals surface area (Å²) in [7, 11) is 0. The molecule has 0 aliphatic carbocycles. The molecule has 0 amide bonds. The number of hydrogen-bond acceptors (Lipinski definition) is 3. The van der Waals surface area contributed by atoms with Gasteiger partial charge in [0.15, 0.2) is 0 Å². The van der Waals surface area contributed by atoms with Crippen LogP contribution in [0, 0.1) is 0 Å². The average Bonchev–Trinajstić information content (AvgIpc) is 2.36. The Hall–Kier alpha value is -1.90. The highest BCUT2D eigenvalue weighted by Crippen LogP contribution is 2.15. The van der Waals surface area contributed by atoms with E-state index in [0.29, 0.717) is 17.7 Å². The summed E-state index contributed by atoms with van der Waals surface area (Å²) in [6, 6.07) is 7.24. The Balaban J connectivity index is 2.60. The van der Waals surface area contributed by atoms with Gasteiger partial charge in [0.25, 0.3) is 0 Å². The van der Waals surface area contributed by atoms with Crippen molar-refractivity contribution in [3.8, 4) is 5.75 Å². The maximum atomic E-state index is 11.5. The maximum Gasteiger partial charge on any atom is 0.338 e. The minimum Gasteiger partial charge on any atom is -0.423 e. The molecule has 0 aromatic heterocycles. The van der Waals surface area contributed by atoms with Crippen LogP contribution in [0.15, 0.2) is 35.9 Å². The van der Waals surface area contributed by atoms with E-state index in [9.17, 15) is 9.59 Å². The summed E-state index contributed by atoms with van der Waals surface area (Å²) in [4.78, 5) is 22.4. The number of allylic oxidation sites excluding steroid dienone is 1. The first-order valence-electron chi connectivity index (χ1n) is 5.96. The highest BCUT2D eigenvalue weighted by molar-refractivity contribution is 5.89. The van der Waals surface area contributed by atoms with Gasteiger partial charge in [0.05, 0.1) is 0 Å². The van der Waals surface area contributed by atoms with Crippen LogP contribution in [0.1, 0.15) is 32.8 Å². The van der Waals surface area contributed by atoms with Crippen molar-refractivity contribution in [2.75, 3.05) is 0 Å². The molecule has 0 atom stereocenters. The van der Waals surface area contributed by atoms with Gasteiger partial charge in [-0.15, -0.1) is 0 Å². The van der Waals surface area contributed by atoms with Crippen molar-refractivity contribution in [3.05, 3.63) is 41.5 Å². The molecule has 1 aromatic carbocycles. The first-order chi connectivity index (χ1) is 8.52. The third kappa shape index (κ3) is 4.53. The first-order valence-corrected chi connectivity index (χ1v) is 5.96. The smallest absolute Gasteiger partial charge is 0.338 e. The van der Waals surface area contributed by atoms with E-state index >= 15 is 0 Å². The van der Waals surface area contributed by atoms with Crippen LogP contribution in [-0.4, -0.2) is 11.8 Å². The molecule has 0 saturated heterocycles. The normalized spacial score (nSPS) is 11.2. The molecule has 18 heavy (non-hydrogen) atoms. The summed E-state index contributed by atoms with van der Waals surface area (Å²) >= 11 is 0. The highest BCUT2D eigenvalue weighted by atomic mass is 16.5. The van der Waals surface area contributed by atoms with Crippen LogP contribution in [0.4, 0.5) is 0 Å². The molecule has 0 unspecified atom stereocenters. The summed E-state index contributed by atoms with van der Waals surface area (Å²) in [5.74, 6) is 0.357. The van der Waals surface area contributed by atoms with Crippen molar-refractivity contribution in [1.29, 1.82) is 0 Å². The van der Waals surface area contributed by atoms with Crippen LogP contribution in [0.2, 0.25) is 0 Å². The Morgan fingerprint density at radius 2 is 1.78 bits per heavy atom. The predicted octanol–water partition coefficient (Wildman–Crippen LogP) is 3.08. The summed E-state index contributed by atoms with van der Waals surface area (Å²) in [6.07, 6.45) is 2.97. The van der Waals surface area contributed by atoms with E-state index in [2.05, 4.69) is 0 Å². The molecule has 3 nitrogen and oxygen atoms in total. The molecule has 0 fully saturated rings. The zero-order valence-corrected chi connectivity index (χ0v) is 11.0. The molecular formula is C15H18O3. The number of ketones is 1. The second-order valence-corrected chi connectivity index (χ2v) is 4.21. The van der Waals surface area contributed by atoms with E-state index in [-0.39, 0.29) is 11.8 Å². The van der Waals surface area contributed by atoms with Gasteiger partial charge >= 0.3 is 5.97 Å². The fraction of sp³-hybridized carbons (Fsp3) is 0.333. The second kappa shape index (κ2) is 6.74. The number of benzene rings is 1. The van der Waals surface area contributed by atoms with Gasteiger partial charge in [0, 0.05) is 12.0 Å². The minimum atomic E-state index is -0.339. The van der Waals surface area contributed by atoms with Crippen LogP contribution >= 0.6 is 0 Å². The molecule has 0 spiro atoms. The lowest BCUT2D eigenvalue weighted by Gasteiger charge is -2.05. The van der Waals surface area contributed by atoms with Crippen LogP contribution in [0.25, 0.3) is 0 Å². The number of Topliss-reactive ketones (excluding diaryl/α,β-unsaturated/α-hetero) is 1. The number of hydrogen-bond donors (Lipinski definition) is 0. The number of rotatable bonds is 5. The molecule has 0 radical (unpaired) electrons. The Morgan fingerprint density at radius 3 is 2.28 bits per heavy atom. The minimum absolute atomic E-state index is 0.175. The number of carbonyl (C=O) groups is 2. The number of ether oxygens (including phenoxy) is 1. The van der Waals surface area contributed by atoms with E-state index in [1.807, 2.05) is 12.1 Å². The fourth-order valence-electron chi connectivity index (χ4n) is 1.35. The Bertz CT molecular complexity index is 455. The lowest BCUT2D eigenvalue weighted by molar-refractivity contribution is -0.130. The molecule has 0 heterocycles. The zero-order valence-electron chi connectivity index (χ0n) is 11.0. The van der Waals surface area contributed by atoms with Crippen LogP contribution in [0.5, 0.6) is 5.75 Å². The molecule has 0 aliphatic heterocycles. The lowest BCUT2D eigenvalue weighted by atomic mass is 10.1. The van der Waals surface area contributed by atoms with Crippen LogP contribution in [0.3, 0.4) is 0 Å². The quantitative estimate of drug-likeness (QED) is 0.455. The summed E-state index contributed by atoms with van der Waals surface area (Å²) in [6.45, 7) is 5.08. The molecule has 1 rings (SSSR count). The lowest BCUT2D eigenvalue weighted by Crippen LogP contribution is -2.08. The Morgan fingerprint density at radius 1 is 1.17 bits per heavy atom. The van der Waals surface area contributed by atoms with Crippen LogP contribution < -0.4 is 4.74 Å². The fourth-order valence-corrected chi connectivity index (χ4v) is 1.35.